The molecule has 2 aromatic carbocycles. The number of nitrogens with zero attached hydrogens (tertiary/aromatic N) is 3. The molecule has 1 saturated carbocycles. The molecule has 0 unspecified atom stereocenters. The molecular weight excluding hydrogens is 370 g/mol. The second kappa shape index (κ2) is 8.81. The third kappa shape index (κ3) is 4.11. The molecule has 158 valence electrons. The van der Waals surface area contributed by atoms with Crippen LogP contribution in [0.25, 0.3) is 11.0 Å². The van der Waals surface area contributed by atoms with Crippen molar-refractivity contribution in [1.29, 1.82) is 0 Å². The zero-order chi connectivity index (χ0) is 20.3. The molecule has 4 heteroatoms. The van der Waals surface area contributed by atoms with Crippen LogP contribution in [0.15, 0.2) is 48.5 Å². The molecular formula is C26H33N3O. The van der Waals surface area contributed by atoms with Gasteiger partial charge in [0.1, 0.15) is 11.6 Å². The Kier molecular flexibility index (Phi) is 5.76. The van der Waals surface area contributed by atoms with Gasteiger partial charge < -0.3 is 9.30 Å². The van der Waals surface area contributed by atoms with Crippen LogP contribution in [0.2, 0.25) is 0 Å². The summed E-state index contributed by atoms with van der Waals surface area (Å²) in [5, 5.41) is 0. The van der Waals surface area contributed by atoms with Gasteiger partial charge in [-0.15, -0.1) is 0 Å². The highest BCUT2D eigenvalue weighted by Gasteiger charge is 2.25. The number of benzene rings is 2. The zero-order valence-corrected chi connectivity index (χ0v) is 18.1. The summed E-state index contributed by atoms with van der Waals surface area (Å²) in [6, 6.07) is 17.2. The first-order chi connectivity index (χ1) is 14.8. The van der Waals surface area contributed by atoms with E-state index in [0.29, 0.717) is 5.92 Å². The molecule has 0 atom stereocenters. The third-order valence-corrected chi connectivity index (χ3v) is 7.14. The van der Waals surface area contributed by atoms with Gasteiger partial charge >= 0.3 is 0 Å². The van der Waals surface area contributed by atoms with Crippen molar-refractivity contribution in [2.75, 3.05) is 19.7 Å². The van der Waals surface area contributed by atoms with E-state index in [-0.39, 0.29) is 0 Å². The lowest BCUT2D eigenvalue weighted by atomic mass is 9.89. The highest BCUT2D eigenvalue weighted by molar-refractivity contribution is 5.75. The van der Waals surface area contributed by atoms with Crippen LogP contribution >= 0.6 is 0 Å². The summed E-state index contributed by atoms with van der Waals surface area (Å²) in [6.07, 6.45) is 7.80. The van der Waals surface area contributed by atoms with Gasteiger partial charge in [0, 0.05) is 7.05 Å². The maximum absolute atomic E-state index is 6.32. The van der Waals surface area contributed by atoms with Crippen molar-refractivity contribution in [2.45, 2.75) is 51.0 Å². The molecule has 0 N–H and O–H groups in total. The van der Waals surface area contributed by atoms with Crippen LogP contribution in [0.1, 0.15) is 55.8 Å². The maximum atomic E-state index is 6.32. The zero-order valence-electron chi connectivity index (χ0n) is 18.1. The Morgan fingerprint density at radius 1 is 0.933 bits per heavy atom. The highest BCUT2D eigenvalue weighted by atomic mass is 16.5. The van der Waals surface area contributed by atoms with Gasteiger partial charge in [-0.25, -0.2) is 4.98 Å². The summed E-state index contributed by atoms with van der Waals surface area (Å²) in [4.78, 5) is 7.42. The van der Waals surface area contributed by atoms with Crippen molar-refractivity contribution < 1.29 is 4.74 Å². The minimum atomic E-state index is 0.599. The molecule has 2 aliphatic rings. The Hall–Kier alpha value is -2.33. The van der Waals surface area contributed by atoms with E-state index in [2.05, 4.69) is 65.0 Å². The molecule has 0 radical (unpaired) electrons. The first-order valence-corrected chi connectivity index (χ1v) is 11.6. The second-order valence-electron chi connectivity index (χ2n) is 9.13. The molecule has 1 aliphatic heterocycles. The van der Waals surface area contributed by atoms with Crippen LogP contribution in [0.3, 0.4) is 0 Å². The number of aromatic nitrogens is 2. The van der Waals surface area contributed by atoms with Crippen LogP contribution in [-0.2, 0) is 13.6 Å². The van der Waals surface area contributed by atoms with Gasteiger partial charge in [-0.1, -0.05) is 43.2 Å². The summed E-state index contributed by atoms with van der Waals surface area (Å²) in [6.45, 7) is 4.05. The van der Waals surface area contributed by atoms with Gasteiger partial charge in [0.05, 0.1) is 24.2 Å². The van der Waals surface area contributed by atoms with E-state index in [1.54, 1.807) is 0 Å². The lowest BCUT2D eigenvalue weighted by Crippen LogP contribution is -2.33. The van der Waals surface area contributed by atoms with Crippen molar-refractivity contribution in [2.24, 2.45) is 13.0 Å². The normalized spacial score (nSPS) is 19.0. The smallest absolute Gasteiger partial charge is 0.123 e. The van der Waals surface area contributed by atoms with E-state index in [0.717, 1.165) is 49.2 Å². The molecule has 1 aliphatic carbocycles. The highest BCUT2D eigenvalue weighted by Crippen LogP contribution is 2.35. The lowest BCUT2D eigenvalue weighted by Gasteiger charge is -2.32. The van der Waals surface area contributed by atoms with Crippen molar-refractivity contribution >= 4 is 11.0 Å². The Labute approximate surface area is 179 Å². The first kappa shape index (κ1) is 19.6. The molecule has 1 aromatic heterocycles. The number of imidazole rings is 1. The minimum absolute atomic E-state index is 0.599. The molecule has 4 nitrogen and oxygen atoms in total. The summed E-state index contributed by atoms with van der Waals surface area (Å²) in [5.41, 5.74) is 3.73. The van der Waals surface area contributed by atoms with Crippen molar-refractivity contribution in [3.8, 4) is 5.75 Å². The van der Waals surface area contributed by atoms with Gasteiger partial charge in [-0.05, 0) is 74.4 Å². The van der Waals surface area contributed by atoms with Crippen LogP contribution < -0.4 is 4.74 Å². The molecule has 1 saturated heterocycles. The van der Waals surface area contributed by atoms with E-state index >= 15 is 0 Å². The Bertz CT molecular complexity index is 981. The molecule has 5 rings (SSSR count). The number of para-hydroxylation sites is 3. The molecule has 3 aromatic rings. The van der Waals surface area contributed by atoms with Crippen molar-refractivity contribution in [3.05, 3.63) is 59.9 Å². The predicted octanol–water partition coefficient (Wildman–Crippen LogP) is 5.52. The van der Waals surface area contributed by atoms with Crippen LogP contribution in [0, 0.1) is 5.92 Å². The summed E-state index contributed by atoms with van der Waals surface area (Å²) in [7, 11) is 2.13. The topological polar surface area (TPSA) is 30.3 Å². The SMILES string of the molecule is Cn1c(CN2CCC(c3ccccc3OCC3CCCC3)CC2)nc2ccccc21. The standard InChI is InChI=1S/C26H33N3O/c1-28-24-12-6-5-11-23(24)27-26(28)18-29-16-14-21(15-17-29)22-10-4-7-13-25(22)30-19-20-8-2-3-9-20/h4-7,10-13,20-21H,2-3,8-9,14-19H2,1H3. The third-order valence-electron chi connectivity index (χ3n) is 7.14. The van der Waals surface area contributed by atoms with Gasteiger partial charge in [0.2, 0.25) is 0 Å². The van der Waals surface area contributed by atoms with Crippen LogP contribution in [0.4, 0.5) is 0 Å². The molecule has 30 heavy (non-hydrogen) atoms. The van der Waals surface area contributed by atoms with Gasteiger partial charge in [-0.3, -0.25) is 4.90 Å². The number of rotatable bonds is 6. The van der Waals surface area contributed by atoms with Gasteiger partial charge in [-0.2, -0.15) is 0 Å². The molecule has 0 bridgehead atoms. The predicted molar refractivity (Wildman–Crippen MR) is 122 cm³/mol. The van der Waals surface area contributed by atoms with Crippen LogP contribution in [0.5, 0.6) is 5.75 Å². The first-order valence-electron chi connectivity index (χ1n) is 11.6. The Balaban J connectivity index is 1.21. The quantitative estimate of drug-likeness (QED) is 0.543. The number of ether oxygens (including phenoxy) is 1. The molecule has 0 spiro atoms. The minimum Gasteiger partial charge on any atom is -0.493 e. The fourth-order valence-corrected chi connectivity index (χ4v) is 5.27. The second-order valence-corrected chi connectivity index (χ2v) is 9.13. The number of likely N-dealkylation sites (tertiary alicyclic amines) is 1. The monoisotopic (exact) mass is 403 g/mol. The van der Waals surface area contributed by atoms with Crippen molar-refractivity contribution in [1.82, 2.24) is 14.5 Å². The Morgan fingerprint density at radius 3 is 2.47 bits per heavy atom. The molecule has 2 fully saturated rings. The lowest BCUT2D eigenvalue weighted by molar-refractivity contribution is 0.194. The average Bonchev–Trinajstić information content (AvgIpc) is 3.42. The summed E-state index contributed by atoms with van der Waals surface area (Å²) in [5.74, 6) is 3.64. The fraction of sp³-hybridized carbons (Fsp3) is 0.500. The number of hydrogen-bond acceptors (Lipinski definition) is 3. The largest absolute Gasteiger partial charge is 0.493 e. The van der Waals surface area contributed by atoms with E-state index in [9.17, 15) is 0 Å². The van der Waals surface area contributed by atoms with Gasteiger partial charge in [0.25, 0.3) is 0 Å². The van der Waals surface area contributed by atoms with E-state index < -0.39 is 0 Å². The summed E-state index contributed by atoms with van der Waals surface area (Å²) < 4.78 is 8.56. The Morgan fingerprint density at radius 2 is 1.67 bits per heavy atom. The molecule has 2 heterocycles. The van der Waals surface area contributed by atoms with Crippen LogP contribution in [-0.4, -0.2) is 34.1 Å². The number of fused-ring (bicyclic) bond motifs is 1. The number of piperidine rings is 1. The van der Waals surface area contributed by atoms with Crippen molar-refractivity contribution in [3.63, 3.8) is 0 Å². The maximum Gasteiger partial charge on any atom is 0.123 e. The van der Waals surface area contributed by atoms with E-state index in [1.807, 2.05) is 0 Å². The fourth-order valence-electron chi connectivity index (χ4n) is 5.27. The molecule has 0 amide bonds. The van der Waals surface area contributed by atoms with Gasteiger partial charge in [0.15, 0.2) is 0 Å². The van der Waals surface area contributed by atoms with E-state index in [4.69, 9.17) is 9.72 Å². The van der Waals surface area contributed by atoms with E-state index in [1.165, 1.54) is 49.6 Å². The number of aryl methyl sites for hydroxylation is 1. The number of hydrogen-bond donors (Lipinski definition) is 0. The summed E-state index contributed by atoms with van der Waals surface area (Å²) >= 11 is 0. The average molecular weight is 404 g/mol.